The van der Waals surface area contributed by atoms with Gasteiger partial charge in [0.05, 0.1) is 18.0 Å². The van der Waals surface area contributed by atoms with Crippen LogP contribution in [0.4, 0.5) is 0 Å². The van der Waals surface area contributed by atoms with Crippen LogP contribution in [0, 0.1) is 5.92 Å². The molecule has 0 unspecified atom stereocenters. The Morgan fingerprint density at radius 3 is 2.28 bits per heavy atom. The molecule has 1 heterocycles. The van der Waals surface area contributed by atoms with Gasteiger partial charge in [0.1, 0.15) is 5.75 Å². The summed E-state index contributed by atoms with van der Waals surface area (Å²) >= 11 is 0. The highest BCUT2D eigenvalue weighted by Crippen LogP contribution is 2.21. The Labute approximate surface area is 149 Å². The summed E-state index contributed by atoms with van der Waals surface area (Å²) in [4.78, 5) is 13.1. The average Bonchev–Trinajstić information content (AvgIpc) is 2.55. The van der Waals surface area contributed by atoms with Gasteiger partial charge in [0.25, 0.3) is 0 Å². The second-order valence-electron chi connectivity index (χ2n) is 6.65. The lowest BCUT2D eigenvalue weighted by atomic mass is 10.1. The Bertz CT molecular complexity index is 666. The molecule has 2 rings (SSSR count). The third-order valence-electron chi connectivity index (χ3n) is 4.14. The van der Waals surface area contributed by atoms with Gasteiger partial charge in [-0.25, -0.2) is 8.42 Å². The highest BCUT2D eigenvalue weighted by atomic mass is 32.2. The van der Waals surface area contributed by atoms with E-state index in [9.17, 15) is 13.2 Å². The third-order valence-corrected chi connectivity index (χ3v) is 6.05. The van der Waals surface area contributed by atoms with E-state index in [0.717, 1.165) is 6.42 Å². The van der Waals surface area contributed by atoms with Crippen molar-refractivity contribution in [2.24, 2.45) is 11.7 Å². The molecule has 1 aliphatic heterocycles. The first-order chi connectivity index (χ1) is 11.8. The zero-order chi connectivity index (χ0) is 18.4. The van der Waals surface area contributed by atoms with E-state index >= 15 is 0 Å². The number of nitrogens with zero attached hydrogens (tertiary/aromatic N) is 2. The van der Waals surface area contributed by atoms with Crippen molar-refractivity contribution >= 4 is 15.9 Å². The maximum Gasteiger partial charge on any atom is 0.243 e. The molecule has 7 nitrogen and oxygen atoms in total. The highest BCUT2D eigenvalue weighted by Gasteiger charge is 2.28. The molecule has 0 saturated carbocycles. The number of benzene rings is 1. The molecule has 140 valence electrons. The quantitative estimate of drug-likeness (QED) is 0.735. The molecule has 1 aromatic rings. The number of carbonyl (C=O) groups is 1. The summed E-state index contributed by atoms with van der Waals surface area (Å²) in [5, 5.41) is 0. The standard InChI is InChI=1S/C17H27N3O4S/c1-14(2)7-12-24-15-3-5-16(6-4-15)25(22,23)20-10-8-19(9-11-20)13-17(18)21/h3-6,14H,7-13H2,1-2H3,(H2,18,21). The van der Waals surface area contributed by atoms with Crippen molar-refractivity contribution in [2.75, 3.05) is 39.3 Å². The minimum Gasteiger partial charge on any atom is -0.494 e. The third kappa shape index (κ3) is 5.69. The smallest absolute Gasteiger partial charge is 0.243 e. The topological polar surface area (TPSA) is 92.9 Å². The fourth-order valence-electron chi connectivity index (χ4n) is 2.62. The van der Waals surface area contributed by atoms with Gasteiger partial charge in [-0.1, -0.05) is 13.8 Å². The molecule has 1 aliphatic rings. The van der Waals surface area contributed by atoms with Crippen LogP contribution in [-0.2, 0) is 14.8 Å². The van der Waals surface area contributed by atoms with E-state index in [2.05, 4.69) is 13.8 Å². The number of nitrogens with two attached hydrogens (primary N) is 1. The monoisotopic (exact) mass is 369 g/mol. The zero-order valence-electron chi connectivity index (χ0n) is 14.8. The average molecular weight is 369 g/mol. The number of hydrogen-bond acceptors (Lipinski definition) is 5. The van der Waals surface area contributed by atoms with Crippen LogP contribution in [0.3, 0.4) is 0 Å². The highest BCUT2D eigenvalue weighted by molar-refractivity contribution is 7.89. The van der Waals surface area contributed by atoms with Gasteiger partial charge in [0.2, 0.25) is 15.9 Å². The molecule has 1 saturated heterocycles. The lowest BCUT2D eigenvalue weighted by Crippen LogP contribution is -2.50. The molecule has 8 heteroatoms. The first-order valence-corrected chi connectivity index (χ1v) is 9.96. The minimum absolute atomic E-state index is 0.163. The number of ether oxygens (including phenoxy) is 1. The van der Waals surface area contributed by atoms with Gasteiger partial charge in [-0.2, -0.15) is 4.31 Å². The van der Waals surface area contributed by atoms with E-state index in [4.69, 9.17) is 10.5 Å². The van der Waals surface area contributed by atoms with Crippen LogP contribution in [-0.4, -0.2) is 62.9 Å². The van der Waals surface area contributed by atoms with Crippen LogP contribution in [0.15, 0.2) is 29.2 Å². The van der Waals surface area contributed by atoms with Crippen molar-refractivity contribution in [2.45, 2.75) is 25.2 Å². The van der Waals surface area contributed by atoms with Crippen molar-refractivity contribution in [3.05, 3.63) is 24.3 Å². The Balaban J connectivity index is 1.94. The Morgan fingerprint density at radius 1 is 1.16 bits per heavy atom. The van der Waals surface area contributed by atoms with Crippen LogP contribution in [0.5, 0.6) is 5.75 Å². The maximum absolute atomic E-state index is 12.7. The van der Waals surface area contributed by atoms with Gasteiger partial charge in [-0.15, -0.1) is 0 Å². The van der Waals surface area contributed by atoms with Gasteiger partial charge >= 0.3 is 0 Å². The van der Waals surface area contributed by atoms with E-state index in [1.807, 2.05) is 4.90 Å². The van der Waals surface area contributed by atoms with Gasteiger partial charge < -0.3 is 10.5 Å². The molecule has 0 aliphatic carbocycles. The number of piperazine rings is 1. The van der Waals surface area contributed by atoms with Crippen LogP contribution < -0.4 is 10.5 Å². The molecule has 1 fully saturated rings. The number of amides is 1. The lowest BCUT2D eigenvalue weighted by molar-refractivity contribution is -0.119. The van der Waals surface area contributed by atoms with Crippen LogP contribution in [0.2, 0.25) is 0 Å². The minimum atomic E-state index is -3.53. The van der Waals surface area contributed by atoms with Gasteiger partial charge in [-0.3, -0.25) is 9.69 Å². The molecular formula is C17H27N3O4S. The first kappa shape index (κ1) is 19.7. The molecule has 25 heavy (non-hydrogen) atoms. The summed E-state index contributed by atoms with van der Waals surface area (Å²) in [6, 6.07) is 6.54. The molecule has 0 atom stereocenters. The van der Waals surface area contributed by atoms with Crippen molar-refractivity contribution < 1.29 is 17.9 Å². The molecule has 1 aromatic carbocycles. The van der Waals surface area contributed by atoms with Crippen LogP contribution >= 0.6 is 0 Å². The van der Waals surface area contributed by atoms with E-state index in [1.54, 1.807) is 24.3 Å². The fourth-order valence-corrected chi connectivity index (χ4v) is 4.04. The summed E-state index contributed by atoms with van der Waals surface area (Å²) in [5.74, 6) is 0.836. The first-order valence-electron chi connectivity index (χ1n) is 8.52. The summed E-state index contributed by atoms with van der Waals surface area (Å²) in [7, 11) is -3.53. The predicted molar refractivity (Wildman–Crippen MR) is 95.8 cm³/mol. The maximum atomic E-state index is 12.7. The lowest BCUT2D eigenvalue weighted by Gasteiger charge is -2.33. The SMILES string of the molecule is CC(C)CCOc1ccc(S(=O)(=O)N2CCN(CC(N)=O)CC2)cc1. The van der Waals surface area contributed by atoms with E-state index in [1.165, 1.54) is 4.31 Å². The van der Waals surface area contributed by atoms with E-state index in [-0.39, 0.29) is 11.4 Å². The van der Waals surface area contributed by atoms with Gasteiger partial charge in [-0.05, 0) is 36.6 Å². The second kappa shape index (κ2) is 8.64. The normalized spacial score (nSPS) is 16.9. The molecule has 2 N–H and O–H groups in total. The number of sulfonamides is 1. The molecule has 0 spiro atoms. The molecule has 1 amide bonds. The Morgan fingerprint density at radius 2 is 1.76 bits per heavy atom. The van der Waals surface area contributed by atoms with Gasteiger partial charge in [0.15, 0.2) is 0 Å². The van der Waals surface area contributed by atoms with E-state index in [0.29, 0.717) is 44.5 Å². The van der Waals surface area contributed by atoms with Crippen molar-refractivity contribution in [1.29, 1.82) is 0 Å². The van der Waals surface area contributed by atoms with Crippen molar-refractivity contribution in [1.82, 2.24) is 9.21 Å². The fraction of sp³-hybridized carbons (Fsp3) is 0.588. The molecule has 0 aromatic heterocycles. The Hall–Kier alpha value is -1.64. The zero-order valence-corrected chi connectivity index (χ0v) is 15.7. The number of primary amides is 1. The molecule has 0 bridgehead atoms. The summed E-state index contributed by atoms with van der Waals surface area (Å²) in [6.45, 7) is 6.73. The summed E-state index contributed by atoms with van der Waals surface area (Å²) < 4.78 is 32.5. The van der Waals surface area contributed by atoms with Crippen molar-refractivity contribution in [3.63, 3.8) is 0 Å². The van der Waals surface area contributed by atoms with E-state index < -0.39 is 15.9 Å². The largest absolute Gasteiger partial charge is 0.494 e. The summed E-state index contributed by atoms with van der Waals surface area (Å²) in [6.07, 6.45) is 0.954. The van der Waals surface area contributed by atoms with Crippen LogP contribution in [0.25, 0.3) is 0 Å². The molecule has 0 radical (unpaired) electrons. The Kier molecular flexibility index (Phi) is 6.80. The van der Waals surface area contributed by atoms with Crippen molar-refractivity contribution in [3.8, 4) is 5.75 Å². The van der Waals surface area contributed by atoms with Crippen LogP contribution in [0.1, 0.15) is 20.3 Å². The number of rotatable bonds is 8. The summed E-state index contributed by atoms with van der Waals surface area (Å²) in [5.41, 5.74) is 5.18. The molecular weight excluding hydrogens is 342 g/mol. The predicted octanol–water partition coefficient (Wildman–Crippen LogP) is 0.903. The number of carbonyl (C=O) groups excluding carboxylic acids is 1. The number of hydrogen-bond donors (Lipinski definition) is 1. The van der Waals surface area contributed by atoms with Gasteiger partial charge in [0, 0.05) is 26.2 Å². The second-order valence-corrected chi connectivity index (χ2v) is 8.59.